The van der Waals surface area contributed by atoms with E-state index in [1.165, 1.54) is 18.2 Å². The molecule has 9 heteroatoms. The molecule has 0 fully saturated rings. The number of anilines is 2. The summed E-state index contributed by atoms with van der Waals surface area (Å²) in [6.07, 6.45) is 5.18. The minimum Gasteiger partial charge on any atom is -0.481 e. The van der Waals surface area contributed by atoms with Crippen LogP contribution in [0, 0.1) is 12.3 Å². The predicted octanol–water partition coefficient (Wildman–Crippen LogP) is 1.43. The standard InChI is InChI=1S/C20H19N3O5S/c1-2-9-28-16-6-7-18-14(11-16)13-21-19(23-18)20(25)22-15-4-3-5-17(12-15)29(26,27)10-8-24/h1,3-7,11-12,24H,8-10,13H2,(H,21,23)(H,22,25). The van der Waals surface area contributed by atoms with E-state index in [0.29, 0.717) is 11.4 Å². The quantitative estimate of drug-likeness (QED) is 0.591. The average molecular weight is 413 g/mol. The van der Waals surface area contributed by atoms with Gasteiger partial charge in [0.25, 0.3) is 5.91 Å². The third kappa shape index (κ3) is 4.93. The van der Waals surface area contributed by atoms with E-state index < -0.39 is 22.4 Å². The summed E-state index contributed by atoms with van der Waals surface area (Å²) in [7, 11) is -3.62. The van der Waals surface area contributed by atoms with Gasteiger partial charge in [-0.15, -0.1) is 6.42 Å². The molecule has 0 saturated carbocycles. The molecule has 0 atom stereocenters. The summed E-state index contributed by atoms with van der Waals surface area (Å²) in [5, 5.41) is 14.5. The summed E-state index contributed by atoms with van der Waals surface area (Å²) < 4.78 is 29.5. The van der Waals surface area contributed by atoms with Crippen LogP contribution in [0.1, 0.15) is 5.56 Å². The molecule has 0 unspecified atom stereocenters. The second-order valence-corrected chi connectivity index (χ2v) is 8.24. The summed E-state index contributed by atoms with van der Waals surface area (Å²) >= 11 is 0. The van der Waals surface area contributed by atoms with E-state index in [1.807, 2.05) is 0 Å². The Morgan fingerprint density at radius 2 is 2.14 bits per heavy atom. The maximum atomic E-state index is 12.5. The number of fused-ring (bicyclic) bond motifs is 1. The van der Waals surface area contributed by atoms with Crippen molar-refractivity contribution < 1.29 is 23.1 Å². The Morgan fingerprint density at radius 3 is 2.90 bits per heavy atom. The van der Waals surface area contributed by atoms with E-state index in [0.717, 1.165) is 11.3 Å². The number of aliphatic hydroxyl groups excluding tert-OH is 1. The summed E-state index contributed by atoms with van der Waals surface area (Å²) in [5.41, 5.74) is 1.88. The second kappa shape index (κ2) is 8.77. The number of terminal acetylenes is 1. The normalized spacial score (nSPS) is 12.8. The van der Waals surface area contributed by atoms with Crippen LogP contribution in [0.2, 0.25) is 0 Å². The van der Waals surface area contributed by atoms with Crippen LogP contribution in [-0.2, 0) is 21.2 Å². The summed E-state index contributed by atoms with van der Waals surface area (Å²) in [5.74, 6) is 2.23. The van der Waals surface area contributed by atoms with Crippen molar-refractivity contribution in [2.75, 3.05) is 29.6 Å². The molecular weight excluding hydrogens is 394 g/mol. The summed E-state index contributed by atoms with van der Waals surface area (Å²) in [6, 6.07) is 11.1. The number of rotatable bonds is 7. The van der Waals surface area contributed by atoms with Gasteiger partial charge in [0.15, 0.2) is 15.7 Å². The zero-order chi connectivity index (χ0) is 20.9. The molecule has 1 aliphatic heterocycles. The SMILES string of the molecule is C#CCOc1ccc2c(c1)CN=C(C(=O)Nc1cccc(S(=O)(=O)CCO)c1)N2. The molecule has 0 spiro atoms. The molecule has 2 aromatic rings. The van der Waals surface area contributed by atoms with Gasteiger partial charge in [-0.2, -0.15) is 0 Å². The molecule has 29 heavy (non-hydrogen) atoms. The maximum Gasteiger partial charge on any atom is 0.291 e. The lowest BCUT2D eigenvalue weighted by atomic mass is 10.1. The number of amides is 1. The Bertz CT molecular complexity index is 1100. The zero-order valence-corrected chi connectivity index (χ0v) is 16.2. The zero-order valence-electron chi connectivity index (χ0n) is 15.4. The number of aliphatic imine (C=N–C) groups is 1. The first kappa shape index (κ1) is 20.4. The fourth-order valence-corrected chi connectivity index (χ4v) is 3.76. The van der Waals surface area contributed by atoms with Crippen molar-refractivity contribution in [1.29, 1.82) is 0 Å². The smallest absolute Gasteiger partial charge is 0.291 e. The van der Waals surface area contributed by atoms with Gasteiger partial charge in [0.05, 0.1) is 23.8 Å². The fourth-order valence-electron chi connectivity index (χ4n) is 2.69. The third-order valence-electron chi connectivity index (χ3n) is 4.09. The number of hydrogen-bond donors (Lipinski definition) is 3. The first-order valence-electron chi connectivity index (χ1n) is 8.68. The van der Waals surface area contributed by atoms with E-state index in [9.17, 15) is 13.2 Å². The van der Waals surface area contributed by atoms with Crippen molar-refractivity contribution in [2.45, 2.75) is 11.4 Å². The van der Waals surface area contributed by atoms with Gasteiger partial charge in [0.2, 0.25) is 0 Å². The molecule has 0 aromatic heterocycles. The number of nitrogens with one attached hydrogen (secondary N) is 2. The molecule has 0 saturated heterocycles. The van der Waals surface area contributed by atoms with Crippen molar-refractivity contribution in [3.63, 3.8) is 0 Å². The van der Waals surface area contributed by atoms with Crippen molar-refractivity contribution >= 4 is 33.0 Å². The maximum absolute atomic E-state index is 12.5. The highest BCUT2D eigenvalue weighted by molar-refractivity contribution is 7.91. The Balaban J connectivity index is 1.71. The highest BCUT2D eigenvalue weighted by Crippen LogP contribution is 2.26. The number of sulfone groups is 1. The first-order valence-corrected chi connectivity index (χ1v) is 10.3. The minimum absolute atomic E-state index is 0.0211. The van der Waals surface area contributed by atoms with Crippen LogP contribution in [0.25, 0.3) is 0 Å². The van der Waals surface area contributed by atoms with Crippen molar-refractivity contribution in [2.24, 2.45) is 4.99 Å². The van der Waals surface area contributed by atoms with Crippen molar-refractivity contribution in [1.82, 2.24) is 0 Å². The molecule has 0 radical (unpaired) electrons. The van der Waals surface area contributed by atoms with Gasteiger partial charge in [-0.1, -0.05) is 12.0 Å². The third-order valence-corrected chi connectivity index (χ3v) is 5.78. The number of carbonyl (C=O) groups is 1. The van der Waals surface area contributed by atoms with Crippen LogP contribution in [0.4, 0.5) is 11.4 Å². The predicted molar refractivity (Wildman–Crippen MR) is 110 cm³/mol. The molecule has 1 heterocycles. The minimum atomic E-state index is -3.62. The number of aliphatic hydroxyl groups is 1. The monoisotopic (exact) mass is 413 g/mol. The lowest BCUT2D eigenvalue weighted by Crippen LogP contribution is -2.32. The van der Waals surface area contributed by atoms with Crippen LogP contribution >= 0.6 is 0 Å². The van der Waals surface area contributed by atoms with Gasteiger partial charge in [0, 0.05) is 16.9 Å². The molecule has 0 bridgehead atoms. The summed E-state index contributed by atoms with van der Waals surface area (Å²) in [6.45, 7) is -0.0337. The van der Waals surface area contributed by atoms with E-state index in [1.54, 1.807) is 24.3 Å². The van der Waals surface area contributed by atoms with E-state index in [-0.39, 0.29) is 29.6 Å². The summed E-state index contributed by atoms with van der Waals surface area (Å²) in [4.78, 5) is 16.8. The topological polar surface area (TPSA) is 117 Å². The lowest BCUT2D eigenvalue weighted by molar-refractivity contribution is -0.110. The highest BCUT2D eigenvalue weighted by Gasteiger charge is 2.20. The van der Waals surface area contributed by atoms with E-state index in [4.69, 9.17) is 16.3 Å². The van der Waals surface area contributed by atoms with Crippen LogP contribution in [0.15, 0.2) is 52.4 Å². The Hall–Kier alpha value is -3.35. The molecule has 8 nitrogen and oxygen atoms in total. The molecule has 0 aliphatic carbocycles. The van der Waals surface area contributed by atoms with Gasteiger partial charge in [-0.05, 0) is 36.4 Å². The number of carbonyl (C=O) groups excluding carboxylic acids is 1. The van der Waals surface area contributed by atoms with Crippen LogP contribution in [0.5, 0.6) is 5.75 Å². The second-order valence-electron chi connectivity index (χ2n) is 6.13. The number of amidine groups is 1. The highest BCUT2D eigenvalue weighted by atomic mass is 32.2. The largest absolute Gasteiger partial charge is 0.481 e. The molecular formula is C20H19N3O5S. The van der Waals surface area contributed by atoms with Gasteiger partial charge in [0.1, 0.15) is 12.4 Å². The Kier molecular flexibility index (Phi) is 6.16. The van der Waals surface area contributed by atoms with Crippen molar-refractivity contribution in [3.05, 3.63) is 48.0 Å². The van der Waals surface area contributed by atoms with Gasteiger partial charge in [-0.25, -0.2) is 8.42 Å². The number of hydrogen-bond acceptors (Lipinski definition) is 7. The van der Waals surface area contributed by atoms with Gasteiger partial charge < -0.3 is 20.5 Å². The Morgan fingerprint density at radius 1 is 1.31 bits per heavy atom. The molecule has 1 amide bonds. The van der Waals surface area contributed by atoms with E-state index >= 15 is 0 Å². The van der Waals surface area contributed by atoms with Gasteiger partial charge >= 0.3 is 0 Å². The van der Waals surface area contributed by atoms with E-state index in [2.05, 4.69) is 21.5 Å². The fraction of sp³-hybridized carbons (Fsp3) is 0.200. The number of nitrogens with zero attached hydrogens (tertiary/aromatic N) is 1. The molecule has 150 valence electrons. The van der Waals surface area contributed by atoms with Crippen LogP contribution < -0.4 is 15.4 Å². The number of ether oxygens (including phenoxy) is 1. The van der Waals surface area contributed by atoms with Crippen LogP contribution in [0.3, 0.4) is 0 Å². The molecule has 3 N–H and O–H groups in total. The van der Waals surface area contributed by atoms with Gasteiger partial charge in [-0.3, -0.25) is 9.79 Å². The molecule has 1 aliphatic rings. The lowest BCUT2D eigenvalue weighted by Gasteiger charge is -2.19. The van der Waals surface area contributed by atoms with Crippen LogP contribution in [-0.4, -0.2) is 44.2 Å². The Labute approximate surface area is 168 Å². The average Bonchev–Trinajstić information content (AvgIpc) is 2.72. The molecule has 3 rings (SSSR count). The molecule has 2 aromatic carbocycles. The number of benzene rings is 2. The first-order chi connectivity index (χ1) is 13.9. The van der Waals surface area contributed by atoms with Crippen molar-refractivity contribution in [3.8, 4) is 18.1 Å².